The van der Waals surface area contributed by atoms with Gasteiger partial charge < -0.3 is 39.1 Å². The van der Waals surface area contributed by atoms with Crippen molar-refractivity contribution >= 4 is 81.4 Å². The molecule has 6 amide bonds. The minimum absolute atomic E-state index is 0.0916. The molecule has 5 aromatic rings. The Morgan fingerprint density at radius 3 is 2.38 bits per heavy atom. The number of rotatable bonds is 18. The standard InChI is InChI=1S/C58H72FN8O13PS/c1-7-26-79-56(74)34(2)62-81(76,77)51(59)38-14-17-45-39(30-38)31-46(82-45)53(71)61-50(58(3,4)5)55(73)66-24-21-43(49(66)54(72)65-25-27-78-44(32-65)37-11-9-8-10-12-37)80-33-48(69)64-22-19-35(20-23-64)28-36-13-15-40-42(29-36)63(6)57(75)67(40)41-16-18-47(68)60-52(41)70/h8-15,17,29-31,34-35,41,43-44,49-51H,7,16,18-28,32-33H2,1-6H3,(H,61,71)(H,60,68,70)(H2,62,76,77)/t34-,41+,43+,44-,49-,50+,51+/m0/s1. The molecule has 4 N–H and O–H groups in total. The van der Waals surface area contributed by atoms with Gasteiger partial charge in [-0.3, -0.25) is 52.6 Å². The van der Waals surface area contributed by atoms with Crippen LogP contribution < -0.4 is 21.4 Å². The third-order valence-corrected chi connectivity index (χ3v) is 18.7. The normalized spacial score (nSPS) is 21.9. The molecule has 8 atom stereocenters. The van der Waals surface area contributed by atoms with E-state index in [4.69, 9.17) is 14.2 Å². The van der Waals surface area contributed by atoms with Crippen molar-refractivity contribution in [1.82, 2.24) is 39.6 Å². The van der Waals surface area contributed by atoms with Gasteiger partial charge in [-0.1, -0.05) is 70.2 Å². The zero-order valence-corrected chi connectivity index (χ0v) is 48.7. The van der Waals surface area contributed by atoms with E-state index in [0.29, 0.717) is 59.9 Å². The Bertz CT molecular complexity index is 3350. The maximum absolute atomic E-state index is 15.8. The number of imide groups is 1. The van der Waals surface area contributed by atoms with Gasteiger partial charge in [0, 0.05) is 44.3 Å². The highest BCUT2D eigenvalue weighted by molar-refractivity contribution is 7.56. The van der Waals surface area contributed by atoms with Gasteiger partial charge in [-0.2, -0.15) is 0 Å². The number of likely N-dealkylation sites (tertiary alicyclic amines) is 2. The minimum atomic E-state index is -4.80. The number of thiophene rings is 1. The van der Waals surface area contributed by atoms with E-state index >= 15 is 9.18 Å². The quantitative estimate of drug-likeness (QED) is 0.0458. The molecule has 4 saturated heterocycles. The molecule has 0 spiro atoms. The number of amides is 6. The van der Waals surface area contributed by atoms with Crippen LogP contribution in [-0.2, 0) is 61.0 Å². The summed E-state index contributed by atoms with van der Waals surface area (Å²) in [4.78, 5) is 124. The van der Waals surface area contributed by atoms with Crippen LogP contribution in [0, 0.1) is 11.3 Å². The van der Waals surface area contributed by atoms with E-state index in [1.165, 1.54) is 45.2 Å². The number of hydrogen-bond acceptors (Lipinski definition) is 13. The summed E-state index contributed by atoms with van der Waals surface area (Å²) in [5.74, 6) is -5.61. The number of alkyl halides is 1. The number of halogens is 1. The second-order valence-corrected chi connectivity index (χ2v) is 25.9. The second-order valence-electron chi connectivity index (χ2n) is 22.9. The number of aryl methyl sites for hydroxylation is 1. The fourth-order valence-corrected chi connectivity index (χ4v) is 13.7. The van der Waals surface area contributed by atoms with Crippen LogP contribution in [0.1, 0.15) is 118 Å². The summed E-state index contributed by atoms with van der Waals surface area (Å²) in [7, 11) is -3.14. The third-order valence-electron chi connectivity index (χ3n) is 15.9. The van der Waals surface area contributed by atoms with E-state index in [9.17, 15) is 43.0 Å². The fourth-order valence-electron chi connectivity index (χ4n) is 11.4. The number of piperidine rings is 2. The first-order valence-electron chi connectivity index (χ1n) is 28.0. The zero-order chi connectivity index (χ0) is 58.8. The molecule has 2 aromatic heterocycles. The van der Waals surface area contributed by atoms with Crippen LogP contribution in [0.25, 0.3) is 21.1 Å². The van der Waals surface area contributed by atoms with Gasteiger partial charge in [0.25, 0.3) is 5.91 Å². The van der Waals surface area contributed by atoms with Crippen molar-refractivity contribution in [3.63, 3.8) is 0 Å². The van der Waals surface area contributed by atoms with Crippen molar-refractivity contribution in [3.8, 4) is 0 Å². The lowest BCUT2D eigenvalue weighted by Gasteiger charge is -2.39. The molecule has 0 radical (unpaired) electrons. The molecule has 0 saturated carbocycles. The summed E-state index contributed by atoms with van der Waals surface area (Å²) in [6.45, 7) is 9.97. The van der Waals surface area contributed by atoms with Crippen molar-refractivity contribution in [2.75, 3.05) is 52.5 Å². The third kappa shape index (κ3) is 13.1. The molecule has 4 aliphatic rings. The number of nitrogens with zero attached hydrogens (tertiary/aromatic N) is 5. The van der Waals surface area contributed by atoms with Gasteiger partial charge >= 0.3 is 19.2 Å². The summed E-state index contributed by atoms with van der Waals surface area (Å²) in [6.07, 6.45) is 1.96. The maximum atomic E-state index is 15.8. The highest BCUT2D eigenvalue weighted by Crippen LogP contribution is 2.54. The predicted octanol–water partition coefficient (Wildman–Crippen LogP) is 5.83. The molecule has 21 nitrogen and oxygen atoms in total. The molecule has 24 heteroatoms. The Balaban J connectivity index is 0.868. The molecular weight excluding hydrogens is 1100 g/mol. The smallest absolute Gasteiger partial charge is 0.329 e. The number of nitrogens with one attached hydrogen (secondary N) is 3. The first-order valence-corrected chi connectivity index (χ1v) is 30.5. The Kier molecular flexibility index (Phi) is 18.3. The fraction of sp³-hybridized carbons (Fsp3) is 0.517. The van der Waals surface area contributed by atoms with Crippen molar-refractivity contribution in [3.05, 3.63) is 105 Å². The van der Waals surface area contributed by atoms with E-state index < -0.39 is 78.9 Å². The molecule has 0 aliphatic carbocycles. The van der Waals surface area contributed by atoms with Crippen molar-refractivity contribution in [1.29, 1.82) is 0 Å². The van der Waals surface area contributed by atoms with Crippen LogP contribution >= 0.6 is 18.9 Å². The van der Waals surface area contributed by atoms with Gasteiger partial charge in [-0.15, -0.1) is 11.3 Å². The van der Waals surface area contributed by atoms with Crippen molar-refractivity contribution < 1.29 is 61.6 Å². The number of hydrogen-bond donors (Lipinski definition) is 4. The summed E-state index contributed by atoms with van der Waals surface area (Å²) in [5.41, 5.74) is 1.79. The molecule has 4 aliphatic heterocycles. The van der Waals surface area contributed by atoms with Gasteiger partial charge in [-0.25, -0.2) is 14.3 Å². The molecule has 0 bridgehead atoms. The lowest BCUT2D eigenvalue weighted by molar-refractivity contribution is -0.156. The van der Waals surface area contributed by atoms with Gasteiger partial charge in [-0.05, 0) is 109 Å². The van der Waals surface area contributed by atoms with Crippen LogP contribution in [-0.4, -0.2) is 147 Å². The molecule has 4 fully saturated rings. The molecule has 440 valence electrons. The van der Waals surface area contributed by atoms with Crippen LogP contribution in [0.3, 0.4) is 0 Å². The number of morpholine rings is 1. The first-order chi connectivity index (χ1) is 39.0. The summed E-state index contributed by atoms with van der Waals surface area (Å²) in [6, 6.07) is 16.6. The lowest BCUT2D eigenvalue weighted by atomic mass is 9.85. The number of carbonyl (C=O) groups is 7. The molecular formula is C58H72FN8O13PS. The topological polar surface area (TPSA) is 257 Å². The molecule has 1 unspecified atom stereocenters. The Hall–Kier alpha value is -6.62. The lowest BCUT2D eigenvalue weighted by Crippen LogP contribution is -2.60. The number of benzene rings is 3. The highest BCUT2D eigenvalue weighted by Gasteiger charge is 2.49. The number of imidazole rings is 1. The molecule has 3 aromatic carbocycles. The predicted molar refractivity (Wildman–Crippen MR) is 303 cm³/mol. The summed E-state index contributed by atoms with van der Waals surface area (Å²) >= 11 is 1.08. The van der Waals surface area contributed by atoms with Gasteiger partial charge in [0.2, 0.25) is 35.4 Å². The average molecular weight is 1170 g/mol. The Morgan fingerprint density at radius 2 is 1.67 bits per heavy atom. The number of fused-ring (bicyclic) bond motifs is 2. The van der Waals surface area contributed by atoms with Crippen molar-refractivity contribution in [2.45, 2.75) is 122 Å². The van der Waals surface area contributed by atoms with E-state index in [1.54, 1.807) is 44.5 Å². The van der Waals surface area contributed by atoms with E-state index in [-0.39, 0.29) is 98.5 Å². The minimum Gasteiger partial charge on any atom is -0.465 e. The monoisotopic (exact) mass is 1170 g/mol. The van der Waals surface area contributed by atoms with Gasteiger partial charge in [0.1, 0.15) is 36.9 Å². The van der Waals surface area contributed by atoms with E-state index in [1.807, 2.05) is 48.5 Å². The average Bonchev–Trinajstić information content (AvgIpc) is 4.38. The molecule has 82 heavy (non-hydrogen) atoms. The Morgan fingerprint density at radius 1 is 0.927 bits per heavy atom. The van der Waals surface area contributed by atoms with Crippen LogP contribution in [0.15, 0.2) is 77.6 Å². The van der Waals surface area contributed by atoms with E-state index in [0.717, 1.165) is 22.5 Å². The first kappa shape index (κ1) is 60.0. The number of esters is 1. The van der Waals surface area contributed by atoms with Gasteiger partial charge in [0.15, 0.2) is 0 Å². The maximum Gasteiger partial charge on any atom is 0.329 e. The number of carbonyl (C=O) groups excluding carboxylic acids is 7. The second kappa shape index (κ2) is 25.1. The van der Waals surface area contributed by atoms with Crippen LogP contribution in [0.4, 0.5) is 4.39 Å². The number of ether oxygens (including phenoxy) is 3. The SMILES string of the molecule is CCCOC(=O)[C@H](C)NP(=O)(O)[C@@H](F)c1ccc2sc(C(=O)N[C@H](C(=O)N3CC[C@@H](OCC(=O)N4CCC(Cc5ccc6c(c5)n(C)c(=O)n6[C@@H]5CCC(=O)NC5=O)CC4)[C@H]3C(=O)N3CCO[C@H](c4ccccc4)C3)C(C)(C)C)cc2c1. The van der Waals surface area contributed by atoms with Gasteiger partial charge in [0.05, 0.1) is 41.8 Å². The molecule has 6 heterocycles. The summed E-state index contributed by atoms with van der Waals surface area (Å²) in [5, 5.41) is 7.85. The summed E-state index contributed by atoms with van der Waals surface area (Å²) < 4.78 is 50.0. The number of aromatic nitrogens is 2. The van der Waals surface area contributed by atoms with E-state index in [2.05, 4.69) is 15.7 Å². The largest absolute Gasteiger partial charge is 0.465 e. The van der Waals surface area contributed by atoms with Crippen molar-refractivity contribution in [2.24, 2.45) is 18.4 Å². The Labute approximate surface area is 478 Å². The zero-order valence-electron chi connectivity index (χ0n) is 47.0. The highest BCUT2D eigenvalue weighted by atomic mass is 32.1. The molecule has 9 rings (SSSR count). The van der Waals surface area contributed by atoms with Crippen LogP contribution in [0.2, 0.25) is 0 Å². The van der Waals surface area contributed by atoms with Crippen LogP contribution in [0.5, 0.6) is 0 Å².